The predicted octanol–water partition coefficient (Wildman–Crippen LogP) is 0.978. The van der Waals surface area contributed by atoms with E-state index in [1.807, 2.05) is 30.3 Å². The second-order valence-electron chi connectivity index (χ2n) is 5.76. The van der Waals surface area contributed by atoms with Crippen molar-refractivity contribution in [3.05, 3.63) is 54.1 Å². The lowest BCUT2D eigenvalue weighted by molar-refractivity contribution is -0.137. The summed E-state index contributed by atoms with van der Waals surface area (Å²) in [5.41, 5.74) is 5.71. The van der Waals surface area contributed by atoms with Gasteiger partial charge in [-0.2, -0.15) is 0 Å². The van der Waals surface area contributed by atoms with Gasteiger partial charge in [-0.1, -0.05) is 30.3 Å². The Hall–Kier alpha value is -3.22. The minimum Gasteiger partial charge on any atom is -0.485 e. The molecule has 2 amide bonds. The SMILES string of the molecule is O=C(NNC(=O)C1COc2ccccc2O1)C1Cc2ccccc2O1. The molecule has 0 saturated heterocycles. The number of carbonyl (C=O) groups excluding carboxylic acids is 2. The van der Waals surface area contributed by atoms with Crippen molar-refractivity contribution in [1.82, 2.24) is 10.9 Å². The summed E-state index contributed by atoms with van der Waals surface area (Å²) in [6.07, 6.45) is -1.03. The van der Waals surface area contributed by atoms with E-state index in [-0.39, 0.29) is 6.61 Å². The number of carbonyl (C=O) groups is 2. The molecule has 0 aromatic heterocycles. The number of fused-ring (bicyclic) bond motifs is 2. The number of hydrogen-bond donors (Lipinski definition) is 2. The number of hydrazine groups is 1. The lowest BCUT2D eigenvalue weighted by Crippen LogP contribution is -2.53. The van der Waals surface area contributed by atoms with Gasteiger partial charge in [0.1, 0.15) is 12.4 Å². The Labute approximate surface area is 143 Å². The van der Waals surface area contributed by atoms with E-state index in [1.165, 1.54) is 0 Å². The molecule has 2 aliphatic rings. The van der Waals surface area contributed by atoms with Crippen molar-refractivity contribution in [3.63, 3.8) is 0 Å². The summed E-state index contributed by atoms with van der Waals surface area (Å²) in [5.74, 6) is 0.872. The summed E-state index contributed by atoms with van der Waals surface area (Å²) in [4.78, 5) is 24.4. The Morgan fingerprint density at radius 1 is 0.800 bits per heavy atom. The van der Waals surface area contributed by atoms with Gasteiger partial charge >= 0.3 is 0 Å². The topological polar surface area (TPSA) is 85.9 Å². The molecule has 4 rings (SSSR count). The molecule has 0 bridgehead atoms. The lowest BCUT2D eigenvalue weighted by atomic mass is 10.1. The van der Waals surface area contributed by atoms with Crippen LogP contribution in [0, 0.1) is 0 Å². The minimum atomic E-state index is -0.836. The second-order valence-corrected chi connectivity index (χ2v) is 5.76. The van der Waals surface area contributed by atoms with Gasteiger partial charge in [0.15, 0.2) is 17.6 Å². The van der Waals surface area contributed by atoms with E-state index in [1.54, 1.807) is 18.2 Å². The van der Waals surface area contributed by atoms with Crippen LogP contribution in [0.5, 0.6) is 17.2 Å². The van der Waals surface area contributed by atoms with E-state index in [9.17, 15) is 9.59 Å². The molecule has 2 aromatic carbocycles. The number of ether oxygens (including phenoxy) is 3. The third-order valence-corrected chi connectivity index (χ3v) is 4.05. The van der Waals surface area contributed by atoms with Crippen molar-refractivity contribution in [2.45, 2.75) is 18.6 Å². The van der Waals surface area contributed by atoms with Gasteiger partial charge < -0.3 is 14.2 Å². The fourth-order valence-corrected chi connectivity index (χ4v) is 2.76. The first-order valence-electron chi connectivity index (χ1n) is 7.93. The molecule has 2 unspecified atom stereocenters. The molecular weight excluding hydrogens is 324 g/mol. The molecule has 7 nitrogen and oxygen atoms in total. The van der Waals surface area contributed by atoms with Crippen LogP contribution in [0.1, 0.15) is 5.56 Å². The molecule has 0 radical (unpaired) electrons. The van der Waals surface area contributed by atoms with Crippen molar-refractivity contribution in [2.75, 3.05) is 6.61 Å². The highest BCUT2D eigenvalue weighted by Crippen LogP contribution is 2.31. The number of rotatable bonds is 2. The van der Waals surface area contributed by atoms with Gasteiger partial charge in [0.2, 0.25) is 6.10 Å². The molecule has 2 aromatic rings. The molecule has 2 N–H and O–H groups in total. The number of amides is 2. The molecule has 2 atom stereocenters. The quantitative estimate of drug-likeness (QED) is 0.796. The molecule has 2 heterocycles. The third kappa shape index (κ3) is 3.08. The van der Waals surface area contributed by atoms with Crippen molar-refractivity contribution < 1.29 is 23.8 Å². The largest absolute Gasteiger partial charge is 0.485 e. The van der Waals surface area contributed by atoms with Crippen LogP contribution in [0.4, 0.5) is 0 Å². The first kappa shape index (κ1) is 15.3. The average molecular weight is 340 g/mol. The normalized spacial score (nSPS) is 20.2. The first-order chi connectivity index (χ1) is 12.2. The van der Waals surface area contributed by atoms with Crippen molar-refractivity contribution >= 4 is 11.8 Å². The fourth-order valence-electron chi connectivity index (χ4n) is 2.76. The Kier molecular flexibility index (Phi) is 3.89. The van der Waals surface area contributed by atoms with E-state index >= 15 is 0 Å². The van der Waals surface area contributed by atoms with Crippen molar-refractivity contribution in [2.24, 2.45) is 0 Å². The Bertz CT molecular complexity index is 798. The lowest BCUT2D eigenvalue weighted by Gasteiger charge is -2.25. The van der Waals surface area contributed by atoms with Gasteiger partial charge in [-0.05, 0) is 23.8 Å². The van der Waals surface area contributed by atoms with Gasteiger partial charge in [0, 0.05) is 6.42 Å². The Morgan fingerprint density at radius 2 is 1.40 bits per heavy atom. The second kappa shape index (κ2) is 6.35. The van der Waals surface area contributed by atoms with Crippen LogP contribution in [0.2, 0.25) is 0 Å². The summed E-state index contributed by atoms with van der Waals surface area (Å²) in [6, 6.07) is 14.6. The van der Waals surface area contributed by atoms with Crippen LogP contribution in [0.3, 0.4) is 0 Å². The zero-order valence-corrected chi connectivity index (χ0v) is 13.2. The van der Waals surface area contributed by atoms with Crippen LogP contribution in [0.25, 0.3) is 0 Å². The number of nitrogens with one attached hydrogen (secondary N) is 2. The maximum absolute atomic E-state index is 12.2. The van der Waals surface area contributed by atoms with E-state index in [4.69, 9.17) is 14.2 Å². The predicted molar refractivity (Wildman–Crippen MR) is 87.2 cm³/mol. The fraction of sp³-hybridized carbons (Fsp3) is 0.222. The van der Waals surface area contributed by atoms with E-state index in [0.717, 1.165) is 5.56 Å². The van der Waals surface area contributed by atoms with Gasteiger partial charge in [0.25, 0.3) is 11.8 Å². The molecule has 2 aliphatic heterocycles. The van der Waals surface area contributed by atoms with Crippen LogP contribution in [-0.2, 0) is 16.0 Å². The molecule has 0 saturated carbocycles. The van der Waals surface area contributed by atoms with Crippen LogP contribution in [-0.4, -0.2) is 30.6 Å². The molecule has 128 valence electrons. The third-order valence-electron chi connectivity index (χ3n) is 4.05. The summed E-state index contributed by atoms with van der Waals surface area (Å²) in [7, 11) is 0. The van der Waals surface area contributed by atoms with Crippen LogP contribution in [0.15, 0.2) is 48.5 Å². The van der Waals surface area contributed by atoms with Gasteiger partial charge in [0.05, 0.1) is 0 Å². The molecule has 0 fully saturated rings. The Balaban J connectivity index is 1.30. The monoisotopic (exact) mass is 340 g/mol. The highest BCUT2D eigenvalue weighted by molar-refractivity contribution is 5.87. The zero-order valence-electron chi connectivity index (χ0n) is 13.2. The van der Waals surface area contributed by atoms with Gasteiger partial charge in [-0.25, -0.2) is 0 Å². The van der Waals surface area contributed by atoms with E-state index < -0.39 is 24.0 Å². The zero-order chi connectivity index (χ0) is 17.2. The molecule has 0 aliphatic carbocycles. The summed E-state index contributed by atoms with van der Waals surface area (Å²) in [5, 5.41) is 0. The highest BCUT2D eigenvalue weighted by Gasteiger charge is 2.31. The minimum absolute atomic E-state index is 0.0735. The molecule has 25 heavy (non-hydrogen) atoms. The molecule has 0 spiro atoms. The molecule has 7 heteroatoms. The summed E-state index contributed by atoms with van der Waals surface area (Å²) < 4.78 is 16.6. The Morgan fingerprint density at radius 3 is 2.16 bits per heavy atom. The van der Waals surface area contributed by atoms with E-state index in [0.29, 0.717) is 23.7 Å². The number of para-hydroxylation sites is 3. The van der Waals surface area contributed by atoms with Gasteiger partial charge in [-0.15, -0.1) is 0 Å². The van der Waals surface area contributed by atoms with Crippen molar-refractivity contribution in [3.8, 4) is 17.2 Å². The first-order valence-corrected chi connectivity index (χ1v) is 7.93. The van der Waals surface area contributed by atoms with Crippen LogP contribution >= 0.6 is 0 Å². The maximum Gasteiger partial charge on any atom is 0.283 e. The summed E-state index contributed by atoms with van der Waals surface area (Å²) >= 11 is 0. The van der Waals surface area contributed by atoms with Crippen LogP contribution < -0.4 is 25.1 Å². The standard InChI is InChI=1S/C18H16N2O5/c21-17(15-9-11-5-1-2-6-12(11)24-15)19-20-18(22)16-10-23-13-7-3-4-8-14(13)25-16/h1-8,15-16H,9-10H2,(H,19,21)(H,20,22). The maximum atomic E-state index is 12.2. The van der Waals surface area contributed by atoms with Gasteiger partial charge in [-0.3, -0.25) is 20.4 Å². The van der Waals surface area contributed by atoms with E-state index in [2.05, 4.69) is 10.9 Å². The molecular formula is C18H16N2O5. The highest BCUT2D eigenvalue weighted by atomic mass is 16.6. The number of hydrogen-bond acceptors (Lipinski definition) is 5. The van der Waals surface area contributed by atoms with Crippen molar-refractivity contribution in [1.29, 1.82) is 0 Å². The number of benzene rings is 2. The summed E-state index contributed by atoms with van der Waals surface area (Å²) in [6.45, 7) is 0.0735. The average Bonchev–Trinajstić information content (AvgIpc) is 3.09. The smallest absolute Gasteiger partial charge is 0.283 e.